The van der Waals surface area contributed by atoms with Crippen LogP contribution in [0.1, 0.15) is 6.92 Å². The number of nitrogens with one attached hydrogen (secondary N) is 1. The first-order valence-electron chi connectivity index (χ1n) is 4.03. The van der Waals surface area contributed by atoms with Crippen LogP contribution in [0.2, 0.25) is 0 Å². The van der Waals surface area contributed by atoms with Gasteiger partial charge in [-0.2, -0.15) is 5.10 Å². The number of rotatable bonds is 4. The quantitative estimate of drug-likeness (QED) is 0.380. The Morgan fingerprint density at radius 2 is 2.50 bits per heavy atom. The van der Waals surface area contributed by atoms with E-state index in [1.165, 1.54) is 12.5 Å². The van der Waals surface area contributed by atoms with Crippen LogP contribution >= 0.6 is 0 Å². The van der Waals surface area contributed by atoms with Crippen molar-refractivity contribution in [3.63, 3.8) is 0 Å². The highest BCUT2D eigenvalue weighted by atomic mass is 16.6. The number of aromatic nitrogens is 3. The van der Waals surface area contributed by atoms with Crippen molar-refractivity contribution in [2.75, 3.05) is 6.61 Å². The van der Waals surface area contributed by atoms with E-state index in [2.05, 4.69) is 15.1 Å². The van der Waals surface area contributed by atoms with Gasteiger partial charge in [0, 0.05) is 0 Å². The maximum atomic E-state index is 11.1. The van der Waals surface area contributed by atoms with Gasteiger partial charge in [-0.25, -0.2) is 5.10 Å². The molecule has 0 aromatic carbocycles. The molecule has 1 aromatic rings. The molecule has 0 radical (unpaired) electrons. The van der Waals surface area contributed by atoms with Gasteiger partial charge in [0.05, 0.1) is 12.8 Å². The highest BCUT2D eigenvalue weighted by molar-refractivity contribution is 5.55. The predicted molar refractivity (Wildman–Crippen MR) is 49.2 cm³/mol. The zero-order valence-electron chi connectivity index (χ0n) is 7.64. The van der Waals surface area contributed by atoms with E-state index in [1.807, 2.05) is 5.10 Å². The summed E-state index contributed by atoms with van der Waals surface area (Å²) >= 11 is 0. The number of hydrogen-bond donors (Lipinski definition) is 1. The van der Waals surface area contributed by atoms with Crippen molar-refractivity contribution < 1.29 is 4.84 Å². The Morgan fingerprint density at radius 3 is 3.21 bits per heavy atom. The second kappa shape index (κ2) is 4.95. The van der Waals surface area contributed by atoms with Crippen molar-refractivity contribution >= 4 is 6.21 Å². The lowest BCUT2D eigenvalue weighted by molar-refractivity contribution is 0.159. The summed E-state index contributed by atoms with van der Waals surface area (Å²) < 4.78 is 1.13. The summed E-state index contributed by atoms with van der Waals surface area (Å²) in [6.07, 6.45) is 2.60. The van der Waals surface area contributed by atoms with Gasteiger partial charge in [0.15, 0.2) is 0 Å². The average molecular weight is 198 g/mol. The Kier molecular flexibility index (Phi) is 3.59. The van der Waals surface area contributed by atoms with Crippen LogP contribution in [0.5, 0.6) is 0 Å². The normalized spacial score (nSPS) is 10.6. The molecular weight excluding hydrogens is 188 g/mol. The van der Waals surface area contributed by atoms with Crippen molar-refractivity contribution in [2.45, 2.75) is 13.5 Å². The fraction of sp³-hybridized carbons (Fsp3) is 0.429. The smallest absolute Gasteiger partial charge is 0.330 e. The number of aromatic amines is 1. The molecule has 1 N–H and O–H groups in total. The second-order valence-electron chi connectivity index (χ2n) is 2.35. The highest BCUT2D eigenvalue weighted by Gasteiger charge is 1.97. The first-order valence-corrected chi connectivity index (χ1v) is 4.03. The molecule has 76 valence electrons. The van der Waals surface area contributed by atoms with Gasteiger partial charge in [-0.1, -0.05) is 5.16 Å². The van der Waals surface area contributed by atoms with Crippen LogP contribution in [0.25, 0.3) is 0 Å². The maximum absolute atomic E-state index is 11.1. The summed E-state index contributed by atoms with van der Waals surface area (Å²) in [5.41, 5.74) is -1.42. The van der Waals surface area contributed by atoms with E-state index < -0.39 is 11.1 Å². The van der Waals surface area contributed by atoms with Gasteiger partial charge < -0.3 is 4.84 Å². The molecule has 0 fully saturated rings. The molecule has 14 heavy (non-hydrogen) atoms. The molecular formula is C7H10N4O3. The minimum Gasteiger partial charge on any atom is -0.396 e. The van der Waals surface area contributed by atoms with E-state index in [4.69, 9.17) is 0 Å². The summed E-state index contributed by atoms with van der Waals surface area (Å²) in [6, 6.07) is 0. The third-order valence-electron chi connectivity index (χ3n) is 1.37. The van der Waals surface area contributed by atoms with Crippen molar-refractivity contribution in [1.29, 1.82) is 0 Å². The van der Waals surface area contributed by atoms with Gasteiger partial charge in [-0.3, -0.25) is 14.2 Å². The van der Waals surface area contributed by atoms with Gasteiger partial charge >= 0.3 is 11.1 Å². The molecule has 7 nitrogen and oxygen atoms in total. The second-order valence-corrected chi connectivity index (χ2v) is 2.35. The van der Waals surface area contributed by atoms with Crippen LogP contribution in [-0.2, 0) is 11.4 Å². The minimum atomic E-state index is -0.752. The maximum Gasteiger partial charge on any atom is 0.330 e. The monoisotopic (exact) mass is 198 g/mol. The van der Waals surface area contributed by atoms with E-state index in [1.54, 1.807) is 6.92 Å². The molecule has 0 atom stereocenters. The standard InChI is InChI=1S/C7H10N4O3/c1-2-14-9-3-4-11-5-8-10-6(12)7(11)13/h3,5H,2,4H2,1H3,(H,10,12)/b9-3-. The predicted octanol–water partition coefficient (Wildman–Crippen LogP) is -1.05. The molecule has 7 heteroatoms. The molecule has 0 saturated heterocycles. The molecule has 0 aliphatic rings. The molecule has 1 aromatic heterocycles. The summed E-state index contributed by atoms with van der Waals surface area (Å²) in [5, 5.41) is 9.02. The molecule has 0 amide bonds. The molecule has 1 rings (SSSR count). The first kappa shape index (κ1) is 10.2. The van der Waals surface area contributed by atoms with E-state index in [9.17, 15) is 9.59 Å². The fourth-order valence-corrected chi connectivity index (χ4v) is 0.766. The molecule has 0 aliphatic carbocycles. The molecule has 0 spiro atoms. The first-order chi connectivity index (χ1) is 6.75. The SMILES string of the molecule is CCO/N=C\Cn1cn[nH]c(=O)c1=O. The third-order valence-corrected chi connectivity index (χ3v) is 1.37. The lowest BCUT2D eigenvalue weighted by atomic mass is 10.6. The Hall–Kier alpha value is -1.92. The largest absolute Gasteiger partial charge is 0.396 e. The lowest BCUT2D eigenvalue weighted by Gasteiger charge is -1.97. The van der Waals surface area contributed by atoms with E-state index in [0.29, 0.717) is 6.61 Å². The molecule has 0 bridgehead atoms. The lowest BCUT2D eigenvalue weighted by Crippen LogP contribution is -2.36. The van der Waals surface area contributed by atoms with Crippen LogP contribution in [-0.4, -0.2) is 27.6 Å². The molecule has 0 aliphatic heterocycles. The zero-order valence-corrected chi connectivity index (χ0v) is 7.64. The van der Waals surface area contributed by atoms with Crippen LogP contribution < -0.4 is 11.1 Å². The summed E-state index contributed by atoms with van der Waals surface area (Å²) in [4.78, 5) is 26.6. The minimum absolute atomic E-state index is 0.162. The Bertz CT molecular complexity index is 419. The topological polar surface area (TPSA) is 89.3 Å². The van der Waals surface area contributed by atoms with Gasteiger partial charge in [-0.05, 0) is 6.92 Å². The van der Waals surface area contributed by atoms with Crippen molar-refractivity contribution in [3.8, 4) is 0 Å². The molecule has 1 heterocycles. The number of hydrogen-bond acceptors (Lipinski definition) is 5. The Labute approximate surface area is 79.0 Å². The van der Waals surface area contributed by atoms with E-state index in [0.717, 1.165) is 4.57 Å². The van der Waals surface area contributed by atoms with E-state index in [-0.39, 0.29) is 6.54 Å². The average Bonchev–Trinajstić information content (AvgIpc) is 2.19. The van der Waals surface area contributed by atoms with Crippen molar-refractivity contribution in [3.05, 3.63) is 27.0 Å². The van der Waals surface area contributed by atoms with Crippen molar-refractivity contribution in [1.82, 2.24) is 14.8 Å². The third kappa shape index (κ3) is 2.54. The zero-order chi connectivity index (χ0) is 10.4. The highest BCUT2D eigenvalue weighted by Crippen LogP contribution is 1.74. The summed E-state index contributed by atoms with van der Waals surface area (Å²) in [7, 11) is 0. The van der Waals surface area contributed by atoms with Gasteiger partial charge in [-0.15, -0.1) is 0 Å². The van der Waals surface area contributed by atoms with Gasteiger partial charge in [0.25, 0.3) is 0 Å². The molecule has 0 unspecified atom stereocenters. The van der Waals surface area contributed by atoms with Crippen LogP contribution in [0.15, 0.2) is 21.1 Å². The number of oxime groups is 1. The summed E-state index contributed by atoms with van der Waals surface area (Å²) in [6.45, 7) is 2.41. The number of H-pyrrole nitrogens is 1. The van der Waals surface area contributed by atoms with Crippen molar-refractivity contribution in [2.24, 2.45) is 5.16 Å². The van der Waals surface area contributed by atoms with Gasteiger partial charge in [0.1, 0.15) is 12.9 Å². The van der Waals surface area contributed by atoms with Crippen LogP contribution in [0.4, 0.5) is 0 Å². The molecule has 0 saturated carbocycles. The van der Waals surface area contributed by atoms with Crippen LogP contribution in [0.3, 0.4) is 0 Å². The van der Waals surface area contributed by atoms with Crippen LogP contribution in [0, 0.1) is 0 Å². The van der Waals surface area contributed by atoms with E-state index >= 15 is 0 Å². The summed E-state index contributed by atoms with van der Waals surface area (Å²) in [5.74, 6) is 0. The number of nitrogens with zero attached hydrogens (tertiary/aromatic N) is 3. The Morgan fingerprint density at radius 1 is 1.71 bits per heavy atom. The van der Waals surface area contributed by atoms with Gasteiger partial charge in [0.2, 0.25) is 0 Å². The Balaban J connectivity index is 2.73. The fourth-order valence-electron chi connectivity index (χ4n) is 0.766.